The Morgan fingerprint density at radius 1 is 1.42 bits per heavy atom. The fourth-order valence-electron chi connectivity index (χ4n) is 3.36. The number of halogens is 1. The molecule has 1 atom stereocenters. The number of amides is 1. The summed E-state index contributed by atoms with van der Waals surface area (Å²) in [5.74, 6) is 0.145. The summed E-state index contributed by atoms with van der Waals surface area (Å²) >= 11 is 1.54. The number of thiazole rings is 1. The maximum atomic E-state index is 13.9. The molecule has 0 N–H and O–H groups in total. The van der Waals surface area contributed by atoms with E-state index in [0.29, 0.717) is 23.7 Å². The van der Waals surface area contributed by atoms with Crippen LogP contribution in [0.2, 0.25) is 0 Å². The van der Waals surface area contributed by atoms with Crippen LogP contribution in [0.1, 0.15) is 53.7 Å². The van der Waals surface area contributed by atoms with Gasteiger partial charge in [0.2, 0.25) is 0 Å². The third-order valence-electron chi connectivity index (χ3n) is 4.94. The molecule has 6 heteroatoms. The number of benzene rings is 1. The van der Waals surface area contributed by atoms with E-state index in [1.807, 2.05) is 29.5 Å². The molecule has 1 aliphatic heterocycles. The SMILES string of the molecule is CC(C)c1nc(C(=O)N(C)[C@@H]2CCCN(Cc3ccccc3F)C2)cs1. The van der Waals surface area contributed by atoms with Gasteiger partial charge in [-0.05, 0) is 25.5 Å². The molecule has 26 heavy (non-hydrogen) atoms. The van der Waals surface area contributed by atoms with Crippen LogP contribution >= 0.6 is 11.3 Å². The summed E-state index contributed by atoms with van der Waals surface area (Å²) in [6.45, 7) is 6.44. The second-order valence-electron chi connectivity index (χ2n) is 7.26. The molecule has 0 bridgehead atoms. The van der Waals surface area contributed by atoms with E-state index in [9.17, 15) is 9.18 Å². The average Bonchev–Trinajstić information content (AvgIpc) is 3.13. The van der Waals surface area contributed by atoms with Gasteiger partial charge in [0.05, 0.1) is 5.01 Å². The first-order chi connectivity index (χ1) is 12.5. The molecule has 140 valence electrons. The highest BCUT2D eigenvalue weighted by Gasteiger charge is 2.28. The van der Waals surface area contributed by atoms with Gasteiger partial charge >= 0.3 is 0 Å². The maximum Gasteiger partial charge on any atom is 0.273 e. The fourth-order valence-corrected chi connectivity index (χ4v) is 4.17. The number of aromatic nitrogens is 1. The van der Waals surface area contributed by atoms with Gasteiger partial charge in [-0.2, -0.15) is 0 Å². The number of hydrogen-bond donors (Lipinski definition) is 0. The number of rotatable bonds is 5. The first-order valence-electron chi connectivity index (χ1n) is 9.14. The standard InChI is InChI=1S/C20H26FN3OS/c1-14(2)19-22-18(13-26-19)20(25)23(3)16-8-6-10-24(12-16)11-15-7-4-5-9-17(15)21/h4-5,7,9,13-14,16H,6,8,10-12H2,1-3H3/t16-/m1/s1. The molecule has 2 heterocycles. The van der Waals surface area contributed by atoms with Gasteiger partial charge in [-0.1, -0.05) is 32.0 Å². The molecular weight excluding hydrogens is 349 g/mol. The van der Waals surface area contributed by atoms with Gasteiger partial charge < -0.3 is 4.90 Å². The van der Waals surface area contributed by atoms with Crippen molar-refractivity contribution in [3.05, 3.63) is 51.7 Å². The lowest BCUT2D eigenvalue weighted by atomic mass is 10.0. The van der Waals surface area contributed by atoms with E-state index in [1.54, 1.807) is 17.4 Å². The summed E-state index contributed by atoms with van der Waals surface area (Å²) in [4.78, 5) is 21.3. The molecule has 2 aromatic rings. The summed E-state index contributed by atoms with van der Waals surface area (Å²) in [7, 11) is 1.86. The average molecular weight is 376 g/mol. The highest BCUT2D eigenvalue weighted by Crippen LogP contribution is 2.23. The van der Waals surface area contributed by atoms with Crippen molar-refractivity contribution < 1.29 is 9.18 Å². The first kappa shape index (κ1) is 19.0. The van der Waals surface area contributed by atoms with E-state index >= 15 is 0 Å². The monoisotopic (exact) mass is 375 g/mol. The molecule has 0 saturated carbocycles. The van der Waals surface area contributed by atoms with Gasteiger partial charge in [-0.15, -0.1) is 11.3 Å². The predicted octanol–water partition coefficient (Wildman–Crippen LogP) is 4.14. The van der Waals surface area contributed by atoms with Crippen LogP contribution in [0.3, 0.4) is 0 Å². The fraction of sp³-hybridized carbons (Fsp3) is 0.500. The molecule has 0 aliphatic carbocycles. The Labute approximate surface area is 158 Å². The highest BCUT2D eigenvalue weighted by atomic mass is 32.1. The van der Waals surface area contributed by atoms with E-state index in [-0.39, 0.29) is 17.8 Å². The van der Waals surface area contributed by atoms with Gasteiger partial charge in [0.25, 0.3) is 5.91 Å². The summed E-state index contributed by atoms with van der Waals surface area (Å²) in [6.07, 6.45) is 1.97. The molecule has 1 amide bonds. The molecule has 1 aromatic heterocycles. The lowest BCUT2D eigenvalue weighted by Crippen LogP contribution is -2.48. The van der Waals surface area contributed by atoms with Crippen molar-refractivity contribution in [3.63, 3.8) is 0 Å². The molecule has 1 aromatic carbocycles. The predicted molar refractivity (Wildman–Crippen MR) is 103 cm³/mol. The molecular formula is C20H26FN3OS. The van der Waals surface area contributed by atoms with Crippen LogP contribution in [0.5, 0.6) is 0 Å². The van der Waals surface area contributed by atoms with Crippen LogP contribution in [0.15, 0.2) is 29.6 Å². The Bertz CT molecular complexity index is 761. The smallest absolute Gasteiger partial charge is 0.273 e. The van der Waals surface area contributed by atoms with Crippen LogP contribution in [-0.2, 0) is 6.54 Å². The number of carbonyl (C=O) groups is 1. The minimum Gasteiger partial charge on any atom is -0.336 e. The van der Waals surface area contributed by atoms with Gasteiger partial charge in [-0.3, -0.25) is 9.69 Å². The minimum absolute atomic E-state index is 0.0223. The topological polar surface area (TPSA) is 36.4 Å². The van der Waals surface area contributed by atoms with Crippen LogP contribution < -0.4 is 0 Å². The molecule has 4 nitrogen and oxygen atoms in total. The van der Waals surface area contributed by atoms with Gasteiger partial charge in [0.15, 0.2) is 0 Å². The molecule has 1 aliphatic rings. The molecule has 0 spiro atoms. The van der Waals surface area contributed by atoms with Crippen molar-refractivity contribution in [2.24, 2.45) is 0 Å². The number of piperidine rings is 1. The third kappa shape index (κ3) is 4.30. The zero-order chi connectivity index (χ0) is 18.7. The van der Waals surface area contributed by atoms with Crippen molar-refractivity contribution in [2.75, 3.05) is 20.1 Å². The van der Waals surface area contributed by atoms with E-state index in [2.05, 4.69) is 23.7 Å². The zero-order valence-corrected chi connectivity index (χ0v) is 16.4. The van der Waals surface area contributed by atoms with E-state index in [0.717, 1.165) is 30.9 Å². The van der Waals surface area contributed by atoms with Crippen molar-refractivity contribution in [1.82, 2.24) is 14.8 Å². The highest BCUT2D eigenvalue weighted by molar-refractivity contribution is 7.09. The summed E-state index contributed by atoms with van der Waals surface area (Å²) in [5, 5.41) is 2.85. The number of carbonyl (C=O) groups excluding carboxylic acids is 1. The Hall–Kier alpha value is -1.79. The zero-order valence-electron chi connectivity index (χ0n) is 15.6. The summed E-state index contributed by atoms with van der Waals surface area (Å²) in [5.41, 5.74) is 1.25. The van der Waals surface area contributed by atoms with E-state index in [4.69, 9.17) is 0 Å². The van der Waals surface area contributed by atoms with E-state index < -0.39 is 0 Å². The van der Waals surface area contributed by atoms with Crippen molar-refractivity contribution in [2.45, 2.75) is 45.2 Å². The molecule has 1 fully saturated rings. The van der Waals surface area contributed by atoms with Crippen LogP contribution in [0.25, 0.3) is 0 Å². The quantitative estimate of drug-likeness (QED) is 0.788. The van der Waals surface area contributed by atoms with Crippen molar-refractivity contribution >= 4 is 17.2 Å². The lowest BCUT2D eigenvalue weighted by molar-refractivity contribution is 0.0603. The number of nitrogens with zero attached hydrogens (tertiary/aromatic N) is 3. The number of likely N-dealkylation sites (N-methyl/N-ethyl adjacent to an activating group) is 1. The Morgan fingerprint density at radius 3 is 2.88 bits per heavy atom. The normalized spacial score (nSPS) is 18.3. The Balaban J connectivity index is 1.64. The molecule has 0 radical (unpaired) electrons. The van der Waals surface area contributed by atoms with E-state index in [1.165, 1.54) is 6.07 Å². The molecule has 3 rings (SSSR count). The molecule has 0 unspecified atom stereocenters. The summed E-state index contributed by atoms with van der Waals surface area (Å²) in [6, 6.07) is 7.04. The van der Waals surface area contributed by atoms with Gasteiger partial charge in [0.1, 0.15) is 11.5 Å². The lowest BCUT2D eigenvalue weighted by Gasteiger charge is -2.37. The van der Waals surface area contributed by atoms with Crippen molar-refractivity contribution in [1.29, 1.82) is 0 Å². The van der Waals surface area contributed by atoms with Crippen LogP contribution in [0, 0.1) is 5.82 Å². The Kier molecular flexibility index (Phi) is 6.04. The van der Waals surface area contributed by atoms with Crippen molar-refractivity contribution in [3.8, 4) is 0 Å². The van der Waals surface area contributed by atoms with Crippen LogP contribution in [-0.4, -0.2) is 46.9 Å². The largest absolute Gasteiger partial charge is 0.336 e. The number of likely N-dealkylation sites (tertiary alicyclic amines) is 1. The Morgan fingerprint density at radius 2 is 2.19 bits per heavy atom. The summed E-state index contributed by atoms with van der Waals surface area (Å²) < 4.78 is 13.9. The minimum atomic E-state index is -0.164. The second kappa shape index (κ2) is 8.27. The van der Waals surface area contributed by atoms with Gasteiger partial charge in [-0.25, -0.2) is 9.37 Å². The first-order valence-corrected chi connectivity index (χ1v) is 10.0. The maximum absolute atomic E-state index is 13.9. The number of hydrogen-bond acceptors (Lipinski definition) is 4. The third-order valence-corrected chi connectivity index (χ3v) is 6.08. The second-order valence-corrected chi connectivity index (χ2v) is 8.15. The molecule has 1 saturated heterocycles. The van der Waals surface area contributed by atoms with Gasteiger partial charge in [0, 0.05) is 43.0 Å². The van der Waals surface area contributed by atoms with Crippen LogP contribution in [0.4, 0.5) is 4.39 Å².